The molecule has 0 amide bonds. The summed E-state index contributed by atoms with van der Waals surface area (Å²) in [5, 5.41) is 15.3. The van der Waals surface area contributed by atoms with E-state index in [1.165, 1.54) is 13.0 Å². The summed E-state index contributed by atoms with van der Waals surface area (Å²) in [5.41, 5.74) is 0.972. The van der Waals surface area contributed by atoms with Crippen LogP contribution < -0.4 is 5.32 Å². The van der Waals surface area contributed by atoms with Gasteiger partial charge in [-0.2, -0.15) is 4.68 Å². The van der Waals surface area contributed by atoms with Crippen LogP contribution in [-0.4, -0.2) is 50.8 Å². The average Bonchev–Trinajstić information content (AvgIpc) is 3.15. The third kappa shape index (κ3) is 3.21. The zero-order valence-electron chi connectivity index (χ0n) is 12.6. The molecule has 0 spiro atoms. The fraction of sp³-hybridized carbons (Fsp3) is 0.533. The van der Waals surface area contributed by atoms with E-state index in [2.05, 4.69) is 39.6 Å². The average molecular weight is 286 g/mol. The maximum absolute atomic E-state index is 4.08. The van der Waals surface area contributed by atoms with Crippen LogP contribution in [0.25, 0.3) is 5.69 Å². The Bertz CT molecular complexity index is 565. The van der Waals surface area contributed by atoms with Crippen molar-refractivity contribution in [2.75, 3.05) is 25.0 Å². The van der Waals surface area contributed by atoms with Crippen LogP contribution in [0.5, 0.6) is 0 Å². The quantitative estimate of drug-likeness (QED) is 0.908. The van der Waals surface area contributed by atoms with E-state index in [9.17, 15) is 0 Å². The first-order chi connectivity index (χ1) is 10.2. The molecular weight excluding hydrogens is 264 g/mol. The maximum Gasteiger partial charge on any atom is 0.247 e. The molecule has 0 aliphatic carbocycles. The van der Waals surface area contributed by atoms with E-state index in [1.54, 1.807) is 4.68 Å². The molecule has 21 heavy (non-hydrogen) atoms. The SMILES string of the molecule is CC(C)N1CCC(CNc2nnnn2-c2ccccc2)C1. The Morgan fingerprint density at radius 3 is 2.81 bits per heavy atom. The van der Waals surface area contributed by atoms with Crippen LogP contribution in [0, 0.1) is 5.92 Å². The molecule has 112 valence electrons. The number of hydrogen-bond acceptors (Lipinski definition) is 5. The topological polar surface area (TPSA) is 58.9 Å². The number of nitrogens with zero attached hydrogens (tertiary/aromatic N) is 5. The molecule has 1 N–H and O–H groups in total. The van der Waals surface area contributed by atoms with Gasteiger partial charge in [-0.15, -0.1) is 0 Å². The summed E-state index contributed by atoms with van der Waals surface area (Å²) in [6, 6.07) is 10.6. The van der Waals surface area contributed by atoms with E-state index in [0.29, 0.717) is 17.9 Å². The number of nitrogens with one attached hydrogen (secondary N) is 1. The number of para-hydroxylation sites is 1. The van der Waals surface area contributed by atoms with Gasteiger partial charge in [0.2, 0.25) is 5.95 Å². The van der Waals surface area contributed by atoms with Crippen LogP contribution in [0.1, 0.15) is 20.3 Å². The minimum atomic E-state index is 0.629. The summed E-state index contributed by atoms with van der Waals surface area (Å²) in [5.74, 6) is 1.37. The van der Waals surface area contributed by atoms with Crippen LogP contribution in [-0.2, 0) is 0 Å². The van der Waals surface area contributed by atoms with Crippen molar-refractivity contribution in [2.24, 2.45) is 5.92 Å². The second kappa shape index (κ2) is 6.22. The maximum atomic E-state index is 4.08. The molecule has 1 aromatic carbocycles. The Labute approximate surface area is 125 Å². The summed E-state index contributed by atoms with van der Waals surface area (Å²) >= 11 is 0. The Hall–Kier alpha value is -1.95. The highest BCUT2D eigenvalue weighted by Crippen LogP contribution is 2.19. The van der Waals surface area contributed by atoms with Crippen LogP contribution >= 0.6 is 0 Å². The fourth-order valence-corrected chi connectivity index (χ4v) is 2.77. The van der Waals surface area contributed by atoms with Crippen molar-refractivity contribution in [1.29, 1.82) is 0 Å². The molecule has 0 bridgehead atoms. The summed E-state index contributed by atoms with van der Waals surface area (Å²) in [4.78, 5) is 2.52. The molecule has 1 aliphatic heterocycles. The molecular formula is C15H22N6. The van der Waals surface area contributed by atoms with Gasteiger partial charge in [0.25, 0.3) is 0 Å². The Kier molecular flexibility index (Phi) is 4.15. The number of anilines is 1. The Morgan fingerprint density at radius 1 is 1.29 bits per heavy atom. The van der Waals surface area contributed by atoms with Gasteiger partial charge in [0.1, 0.15) is 0 Å². The van der Waals surface area contributed by atoms with Crippen molar-refractivity contribution in [3.8, 4) is 5.69 Å². The second-order valence-electron chi connectivity index (χ2n) is 5.87. The van der Waals surface area contributed by atoms with Gasteiger partial charge in [-0.1, -0.05) is 23.3 Å². The lowest BCUT2D eigenvalue weighted by molar-refractivity contribution is 0.266. The number of tetrazole rings is 1. The predicted molar refractivity (Wildman–Crippen MR) is 82.5 cm³/mol. The normalized spacial score (nSPS) is 19.3. The van der Waals surface area contributed by atoms with Gasteiger partial charge < -0.3 is 10.2 Å². The minimum absolute atomic E-state index is 0.629. The highest BCUT2D eigenvalue weighted by atomic mass is 15.6. The summed E-state index contributed by atoms with van der Waals surface area (Å²) in [6.07, 6.45) is 1.23. The fourth-order valence-electron chi connectivity index (χ4n) is 2.77. The molecule has 6 nitrogen and oxygen atoms in total. The highest BCUT2D eigenvalue weighted by Gasteiger charge is 2.24. The molecule has 0 saturated carbocycles. The molecule has 0 radical (unpaired) electrons. The van der Waals surface area contributed by atoms with Crippen LogP contribution in [0.3, 0.4) is 0 Å². The molecule has 1 saturated heterocycles. The number of likely N-dealkylation sites (tertiary alicyclic amines) is 1. The van der Waals surface area contributed by atoms with Crippen molar-refractivity contribution >= 4 is 5.95 Å². The lowest BCUT2D eigenvalue weighted by atomic mass is 10.1. The first kappa shape index (κ1) is 14.0. The van der Waals surface area contributed by atoms with E-state index in [1.807, 2.05) is 30.3 Å². The summed E-state index contributed by atoms with van der Waals surface area (Å²) in [7, 11) is 0. The monoisotopic (exact) mass is 286 g/mol. The van der Waals surface area contributed by atoms with Crippen molar-refractivity contribution < 1.29 is 0 Å². The molecule has 1 aromatic heterocycles. The Balaban J connectivity index is 1.61. The zero-order valence-corrected chi connectivity index (χ0v) is 12.6. The largest absolute Gasteiger partial charge is 0.352 e. The van der Waals surface area contributed by atoms with Gasteiger partial charge in [0.15, 0.2) is 0 Å². The van der Waals surface area contributed by atoms with E-state index >= 15 is 0 Å². The standard InChI is InChI=1S/C15H22N6/c1-12(2)20-9-8-13(11-20)10-16-15-17-18-19-21(15)14-6-4-3-5-7-14/h3-7,12-13H,8-11H2,1-2H3,(H,16,17,19). The highest BCUT2D eigenvalue weighted by molar-refractivity contribution is 5.38. The molecule has 6 heteroatoms. The number of aromatic nitrogens is 4. The summed E-state index contributed by atoms with van der Waals surface area (Å²) < 4.78 is 1.75. The van der Waals surface area contributed by atoms with Crippen molar-refractivity contribution in [3.63, 3.8) is 0 Å². The smallest absolute Gasteiger partial charge is 0.247 e. The molecule has 2 aromatic rings. The molecule has 1 aliphatic rings. The molecule has 3 rings (SSSR count). The zero-order chi connectivity index (χ0) is 14.7. The van der Waals surface area contributed by atoms with Gasteiger partial charge in [-0.25, -0.2) is 0 Å². The lowest BCUT2D eigenvalue weighted by Crippen LogP contribution is -2.29. The molecule has 1 unspecified atom stereocenters. The first-order valence-electron chi connectivity index (χ1n) is 7.56. The summed E-state index contributed by atoms with van der Waals surface area (Å²) in [6.45, 7) is 7.76. The van der Waals surface area contributed by atoms with Crippen molar-refractivity contribution in [2.45, 2.75) is 26.3 Å². The predicted octanol–water partition coefficient (Wildman–Crippen LogP) is 1.80. The van der Waals surface area contributed by atoms with Gasteiger partial charge in [0, 0.05) is 19.1 Å². The molecule has 1 atom stereocenters. The number of benzene rings is 1. The molecule has 2 heterocycles. The number of rotatable bonds is 5. The van der Waals surface area contributed by atoms with Gasteiger partial charge in [-0.05, 0) is 55.3 Å². The van der Waals surface area contributed by atoms with Gasteiger partial charge >= 0.3 is 0 Å². The van der Waals surface area contributed by atoms with E-state index in [-0.39, 0.29) is 0 Å². The van der Waals surface area contributed by atoms with Crippen LogP contribution in [0.2, 0.25) is 0 Å². The first-order valence-corrected chi connectivity index (χ1v) is 7.56. The van der Waals surface area contributed by atoms with Crippen LogP contribution in [0.4, 0.5) is 5.95 Å². The van der Waals surface area contributed by atoms with E-state index < -0.39 is 0 Å². The van der Waals surface area contributed by atoms with Gasteiger partial charge in [0.05, 0.1) is 5.69 Å². The Morgan fingerprint density at radius 2 is 2.10 bits per heavy atom. The van der Waals surface area contributed by atoms with E-state index in [4.69, 9.17) is 0 Å². The minimum Gasteiger partial charge on any atom is -0.352 e. The third-order valence-electron chi connectivity index (χ3n) is 4.07. The molecule has 1 fully saturated rings. The third-order valence-corrected chi connectivity index (χ3v) is 4.07. The van der Waals surface area contributed by atoms with Gasteiger partial charge in [-0.3, -0.25) is 0 Å². The van der Waals surface area contributed by atoms with E-state index in [0.717, 1.165) is 18.8 Å². The van der Waals surface area contributed by atoms with Crippen molar-refractivity contribution in [3.05, 3.63) is 30.3 Å². The van der Waals surface area contributed by atoms with Crippen LogP contribution in [0.15, 0.2) is 30.3 Å². The second-order valence-corrected chi connectivity index (χ2v) is 5.87. The van der Waals surface area contributed by atoms with Crippen molar-refractivity contribution in [1.82, 2.24) is 25.1 Å². The lowest BCUT2D eigenvalue weighted by Gasteiger charge is -2.20. The number of hydrogen-bond donors (Lipinski definition) is 1.